The summed E-state index contributed by atoms with van der Waals surface area (Å²) in [6.45, 7) is 5.22. The van der Waals surface area contributed by atoms with Crippen molar-refractivity contribution in [1.29, 1.82) is 0 Å². The van der Waals surface area contributed by atoms with Crippen molar-refractivity contribution in [2.75, 3.05) is 36.5 Å². The number of anilines is 3. The Hall–Kier alpha value is -3.58. The molecule has 0 unspecified atom stereocenters. The smallest absolute Gasteiger partial charge is 0.163 e. The first-order valence-electron chi connectivity index (χ1n) is 10.0. The van der Waals surface area contributed by atoms with Gasteiger partial charge in [0, 0.05) is 36.4 Å². The number of aryl methyl sites for hydroxylation is 1. The number of rotatable bonds is 4. The van der Waals surface area contributed by atoms with Crippen LogP contribution in [0.25, 0.3) is 22.3 Å². The molecule has 3 aromatic heterocycles. The van der Waals surface area contributed by atoms with Gasteiger partial charge in [0.05, 0.1) is 30.1 Å². The molecule has 1 fully saturated rings. The fourth-order valence-corrected chi connectivity index (χ4v) is 3.57. The van der Waals surface area contributed by atoms with Gasteiger partial charge in [-0.05, 0) is 43.3 Å². The molecular weight excluding hydrogens is 376 g/mol. The predicted octanol–water partition coefficient (Wildman–Crippen LogP) is 3.98. The van der Waals surface area contributed by atoms with E-state index in [2.05, 4.69) is 21.3 Å². The average Bonchev–Trinajstić information content (AvgIpc) is 2.81. The third kappa shape index (κ3) is 3.67. The summed E-state index contributed by atoms with van der Waals surface area (Å²) in [4.78, 5) is 20.8. The number of aromatic nitrogens is 4. The number of nitrogens with zero attached hydrogens (tertiary/aromatic N) is 5. The highest BCUT2D eigenvalue weighted by atomic mass is 16.5. The second-order valence-electron chi connectivity index (χ2n) is 7.18. The maximum atomic E-state index is 5.44. The number of hydrogen-bond acceptors (Lipinski definition) is 7. The van der Waals surface area contributed by atoms with Gasteiger partial charge in [-0.3, -0.25) is 4.98 Å². The highest BCUT2D eigenvalue weighted by molar-refractivity contribution is 5.92. The molecule has 1 aliphatic rings. The number of fused-ring (bicyclic) bond motifs is 1. The lowest BCUT2D eigenvalue weighted by Crippen LogP contribution is -2.36. The van der Waals surface area contributed by atoms with Gasteiger partial charge in [0.15, 0.2) is 5.82 Å². The van der Waals surface area contributed by atoms with Crippen molar-refractivity contribution in [3.05, 3.63) is 66.6 Å². The Morgan fingerprint density at radius 3 is 2.60 bits per heavy atom. The minimum atomic E-state index is 0.639. The monoisotopic (exact) mass is 398 g/mol. The van der Waals surface area contributed by atoms with Crippen LogP contribution < -0.4 is 10.2 Å². The highest BCUT2D eigenvalue weighted by Gasteiger charge is 2.15. The van der Waals surface area contributed by atoms with Crippen LogP contribution in [0, 0.1) is 6.92 Å². The number of nitrogens with one attached hydrogen (secondary N) is 1. The summed E-state index contributed by atoms with van der Waals surface area (Å²) >= 11 is 0. The molecular formula is C23H22N6O. The molecule has 0 aliphatic carbocycles. The van der Waals surface area contributed by atoms with Gasteiger partial charge >= 0.3 is 0 Å². The topological polar surface area (TPSA) is 76.1 Å². The Kier molecular flexibility index (Phi) is 4.94. The molecule has 7 heteroatoms. The van der Waals surface area contributed by atoms with Gasteiger partial charge in [0.2, 0.25) is 0 Å². The van der Waals surface area contributed by atoms with E-state index in [4.69, 9.17) is 19.7 Å². The summed E-state index contributed by atoms with van der Waals surface area (Å²) in [5.41, 5.74) is 3.60. The lowest BCUT2D eigenvalue weighted by Gasteiger charge is -2.28. The van der Waals surface area contributed by atoms with Crippen LogP contribution in [-0.2, 0) is 4.74 Å². The molecule has 1 aromatic carbocycles. The molecule has 4 aromatic rings. The summed E-state index contributed by atoms with van der Waals surface area (Å²) in [6, 6.07) is 16.0. The Balaban J connectivity index is 1.52. The fraction of sp³-hybridized carbons (Fsp3) is 0.217. The zero-order valence-electron chi connectivity index (χ0n) is 16.7. The van der Waals surface area contributed by atoms with Crippen molar-refractivity contribution in [2.24, 2.45) is 0 Å². The zero-order valence-corrected chi connectivity index (χ0v) is 16.7. The predicted molar refractivity (Wildman–Crippen MR) is 118 cm³/mol. The summed E-state index contributed by atoms with van der Waals surface area (Å²) in [5.74, 6) is 2.37. The molecule has 0 saturated carbocycles. The summed E-state index contributed by atoms with van der Waals surface area (Å²) in [6.07, 6.45) is 3.52. The first-order chi connectivity index (χ1) is 14.8. The van der Waals surface area contributed by atoms with E-state index in [1.807, 2.05) is 49.4 Å². The van der Waals surface area contributed by atoms with Crippen LogP contribution in [0.4, 0.5) is 17.3 Å². The quantitative estimate of drug-likeness (QED) is 0.557. The van der Waals surface area contributed by atoms with Crippen LogP contribution in [0.1, 0.15) is 5.69 Å². The van der Waals surface area contributed by atoms with E-state index >= 15 is 0 Å². The Labute approximate surface area is 174 Å². The Morgan fingerprint density at radius 1 is 0.933 bits per heavy atom. The third-order valence-electron chi connectivity index (χ3n) is 5.18. The number of morpholine rings is 1. The third-order valence-corrected chi connectivity index (χ3v) is 5.18. The van der Waals surface area contributed by atoms with E-state index in [0.717, 1.165) is 65.8 Å². The highest BCUT2D eigenvalue weighted by Crippen LogP contribution is 2.29. The molecule has 0 amide bonds. The van der Waals surface area contributed by atoms with Crippen LogP contribution in [0.3, 0.4) is 0 Å². The summed E-state index contributed by atoms with van der Waals surface area (Å²) in [7, 11) is 0. The van der Waals surface area contributed by atoms with Crippen LogP contribution in [0.5, 0.6) is 0 Å². The minimum Gasteiger partial charge on any atom is -0.378 e. The molecule has 0 spiro atoms. The molecule has 1 saturated heterocycles. The zero-order chi connectivity index (χ0) is 20.3. The maximum Gasteiger partial charge on any atom is 0.163 e. The molecule has 0 atom stereocenters. The largest absolute Gasteiger partial charge is 0.378 e. The normalized spacial score (nSPS) is 14.1. The molecule has 5 rings (SSSR count). The first kappa shape index (κ1) is 18.4. The van der Waals surface area contributed by atoms with Gasteiger partial charge in [-0.1, -0.05) is 12.1 Å². The van der Waals surface area contributed by atoms with Crippen LogP contribution in [0.2, 0.25) is 0 Å². The molecule has 0 radical (unpaired) electrons. The number of ether oxygens (including phenoxy) is 1. The van der Waals surface area contributed by atoms with Gasteiger partial charge in [0.1, 0.15) is 11.6 Å². The number of hydrogen-bond donors (Lipinski definition) is 1. The lowest BCUT2D eigenvalue weighted by molar-refractivity contribution is 0.122. The average molecular weight is 398 g/mol. The molecule has 30 heavy (non-hydrogen) atoms. The van der Waals surface area contributed by atoms with Gasteiger partial charge in [0.25, 0.3) is 0 Å². The number of benzene rings is 1. The van der Waals surface area contributed by atoms with Crippen LogP contribution >= 0.6 is 0 Å². The van der Waals surface area contributed by atoms with E-state index in [0.29, 0.717) is 5.82 Å². The SMILES string of the molecule is Cc1nc(N2CCOCC2)ccc1Nc1nc(-c2cccnc2)nc2ccccc12. The summed E-state index contributed by atoms with van der Waals surface area (Å²) in [5, 5.41) is 4.44. The second-order valence-corrected chi connectivity index (χ2v) is 7.18. The van der Waals surface area contributed by atoms with Crippen molar-refractivity contribution >= 4 is 28.2 Å². The maximum absolute atomic E-state index is 5.44. The lowest BCUT2D eigenvalue weighted by atomic mass is 10.2. The van der Waals surface area contributed by atoms with Gasteiger partial charge in [-0.25, -0.2) is 15.0 Å². The first-order valence-corrected chi connectivity index (χ1v) is 10.0. The molecule has 1 aliphatic heterocycles. The number of pyridine rings is 2. The minimum absolute atomic E-state index is 0.639. The molecule has 150 valence electrons. The van der Waals surface area contributed by atoms with E-state index in [9.17, 15) is 0 Å². The molecule has 0 bridgehead atoms. The molecule has 4 heterocycles. The van der Waals surface area contributed by atoms with Crippen molar-refractivity contribution < 1.29 is 4.74 Å². The van der Waals surface area contributed by atoms with Crippen molar-refractivity contribution in [1.82, 2.24) is 19.9 Å². The van der Waals surface area contributed by atoms with Crippen molar-refractivity contribution in [2.45, 2.75) is 6.92 Å². The molecule has 1 N–H and O–H groups in total. The van der Waals surface area contributed by atoms with Gasteiger partial charge < -0.3 is 15.0 Å². The van der Waals surface area contributed by atoms with E-state index in [1.54, 1.807) is 12.4 Å². The van der Waals surface area contributed by atoms with E-state index in [1.165, 1.54) is 0 Å². The van der Waals surface area contributed by atoms with Crippen molar-refractivity contribution in [3.63, 3.8) is 0 Å². The van der Waals surface area contributed by atoms with Crippen LogP contribution in [0.15, 0.2) is 60.9 Å². The van der Waals surface area contributed by atoms with Crippen molar-refractivity contribution in [3.8, 4) is 11.4 Å². The Bertz CT molecular complexity index is 1170. The van der Waals surface area contributed by atoms with Crippen LogP contribution in [-0.4, -0.2) is 46.2 Å². The standard InChI is InChI=1S/C23H22N6O/c1-16-19(8-9-21(25-16)29-11-13-30-14-12-29)26-23-18-6-2-3-7-20(18)27-22(28-23)17-5-4-10-24-15-17/h2-10,15H,11-14H2,1H3,(H,26,27,28). The van der Waals surface area contributed by atoms with E-state index in [-0.39, 0.29) is 0 Å². The fourth-order valence-electron chi connectivity index (χ4n) is 3.57. The van der Waals surface area contributed by atoms with Gasteiger partial charge in [-0.15, -0.1) is 0 Å². The van der Waals surface area contributed by atoms with Gasteiger partial charge in [-0.2, -0.15) is 0 Å². The number of para-hydroxylation sites is 1. The molecule has 7 nitrogen and oxygen atoms in total. The summed E-state index contributed by atoms with van der Waals surface area (Å²) < 4.78 is 5.44. The Morgan fingerprint density at radius 2 is 1.80 bits per heavy atom. The second kappa shape index (κ2) is 8.04. The van der Waals surface area contributed by atoms with E-state index < -0.39 is 0 Å².